The number of hydrogen-bond acceptors (Lipinski definition) is 2. The van der Waals surface area contributed by atoms with Crippen LogP contribution in [0.15, 0.2) is 18.5 Å². The molecule has 5 heteroatoms. The van der Waals surface area contributed by atoms with Crippen LogP contribution < -0.4 is 5.32 Å². The van der Waals surface area contributed by atoms with E-state index in [0.717, 1.165) is 6.20 Å². The van der Waals surface area contributed by atoms with E-state index < -0.39 is 5.82 Å². The SMILES string of the molecule is O=C(CCBr)Nc1ccncc1F. The normalized spacial score (nSPS) is 9.69. The minimum absolute atomic E-state index is 0.168. The van der Waals surface area contributed by atoms with E-state index >= 15 is 0 Å². The average Bonchev–Trinajstić information content (AvgIpc) is 2.09. The van der Waals surface area contributed by atoms with Gasteiger partial charge in [0.1, 0.15) is 0 Å². The van der Waals surface area contributed by atoms with E-state index in [0.29, 0.717) is 11.8 Å². The molecule has 0 atom stereocenters. The van der Waals surface area contributed by atoms with Crippen molar-refractivity contribution in [3.05, 3.63) is 24.3 Å². The van der Waals surface area contributed by atoms with Crippen molar-refractivity contribution in [3.63, 3.8) is 0 Å². The molecule has 0 aliphatic heterocycles. The molecule has 0 fully saturated rings. The molecule has 0 aliphatic carbocycles. The molecule has 1 amide bonds. The van der Waals surface area contributed by atoms with Gasteiger partial charge in [0.2, 0.25) is 5.91 Å². The molecule has 0 aliphatic rings. The van der Waals surface area contributed by atoms with E-state index in [1.807, 2.05) is 0 Å². The van der Waals surface area contributed by atoms with Crippen molar-refractivity contribution in [2.45, 2.75) is 6.42 Å². The molecule has 70 valence electrons. The Kier molecular flexibility index (Phi) is 3.82. The lowest BCUT2D eigenvalue weighted by atomic mass is 10.3. The Morgan fingerprint density at radius 2 is 2.46 bits per heavy atom. The van der Waals surface area contributed by atoms with Crippen molar-refractivity contribution >= 4 is 27.5 Å². The number of nitrogens with one attached hydrogen (secondary N) is 1. The molecule has 1 aromatic heterocycles. The lowest BCUT2D eigenvalue weighted by Crippen LogP contribution is -2.12. The average molecular weight is 247 g/mol. The summed E-state index contributed by atoms with van der Waals surface area (Å²) in [6.07, 6.45) is 2.80. The Balaban J connectivity index is 2.63. The highest BCUT2D eigenvalue weighted by Gasteiger charge is 2.04. The van der Waals surface area contributed by atoms with Gasteiger partial charge in [-0.25, -0.2) is 4.39 Å². The number of carbonyl (C=O) groups is 1. The Bertz CT molecular complexity index is 306. The molecule has 3 nitrogen and oxygen atoms in total. The summed E-state index contributed by atoms with van der Waals surface area (Å²) in [4.78, 5) is 14.6. The van der Waals surface area contributed by atoms with Crippen molar-refractivity contribution in [2.24, 2.45) is 0 Å². The van der Waals surface area contributed by atoms with Gasteiger partial charge in [-0.05, 0) is 6.07 Å². The van der Waals surface area contributed by atoms with E-state index in [-0.39, 0.29) is 11.6 Å². The lowest BCUT2D eigenvalue weighted by Gasteiger charge is -2.03. The van der Waals surface area contributed by atoms with Gasteiger partial charge in [0, 0.05) is 17.9 Å². The number of carbonyl (C=O) groups excluding carboxylic acids is 1. The fourth-order valence-corrected chi connectivity index (χ4v) is 1.14. The molecule has 0 unspecified atom stereocenters. The molecule has 0 saturated heterocycles. The lowest BCUT2D eigenvalue weighted by molar-refractivity contribution is -0.115. The molecule has 0 radical (unpaired) electrons. The maximum atomic E-state index is 12.9. The Hall–Kier alpha value is -0.970. The molecule has 1 N–H and O–H groups in total. The zero-order chi connectivity index (χ0) is 9.68. The van der Waals surface area contributed by atoms with E-state index in [1.54, 1.807) is 0 Å². The van der Waals surface area contributed by atoms with Gasteiger partial charge in [0.05, 0.1) is 11.9 Å². The molecule has 13 heavy (non-hydrogen) atoms. The number of pyridine rings is 1. The third-order valence-corrected chi connectivity index (χ3v) is 1.76. The molecule has 0 aromatic carbocycles. The number of amides is 1. The zero-order valence-corrected chi connectivity index (χ0v) is 8.34. The summed E-state index contributed by atoms with van der Waals surface area (Å²) in [5, 5.41) is 2.99. The number of nitrogens with zero attached hydrogens (tertiary/aromatic N) is 1. The standard InChI is InChI=1S/C8H8BrFN2O/c9-3-1-8(13)12-7-2-4-11-5-6(7)10/h2,4-5H,1,3H2,(H,11,12,13). The Morgan fingerprint density at radius 3 is 3.08 bits per heavy atom. The van der Waals surface area contributed by atoms with Crippen LogP contribution in [0.1, 0.15) is 6.42 Å². The topological polar surface area (TPSA) is 42.0 Å². The second-order valence-corrected chi connectivity index (χ2v) is 3.14. The summed E-state index contributed by atoms with van der Waals surface area (Å²) >= 11 is 3.11. The molecule has 0 bridgehead atoms. The van der Waals surface area contributed by atoms with Gasteiger partial charge in [0.25, 0.3) is 0 Å². The van der Waals surface area contributed by atoms with E-state index in [4.69, 9.17) is 0 Å². The van der Waals surface area contributed by atoms with Gasteiger partial charge in [-0.1, -0.05) is 15.9 Å². The summed E-state index contributed by atoms with van der Waals surface area (Å²) in [6, 6.07) is 1.42. The fraction of sp³-hybridized carbons (Fsp3) is 0.250. The van der Waals surface area contributed by atoms with E-state index in [1.165, 1.54) is 12.3 Å². The predicted molar refractivity (Wildman–Crippen MR) is 51.2 cm³/mol. The fourth-order valence-electron chi connectivity index (χ4n) is 0.775. The highest BCUT2D eigenvalue weighted by molar-refractivity contribution is 9.09. The highest BCUT2D eigenvalue weighted by atomic mass is 79.9. The monoisotopic (exact) mass is 246 g/mol. The number of aromatic nitrogens is 1. The second-order valence-electron chi connectivity index (χ2n) is 2.34. The Labute approximate surface area is 83.5 Å². The smallest absolute Gasteiger partial charge is 0.225 e. The van der Waals surface area contributed by atoms with Crippen LogP contribution in [0, 0.1) is 5.82 Å². The summed E-state index contributed by atoms with van der Waals surface area (Å²) < 4.78 is 12.9. The summed E-state index contributed by atoms with van der Waals surface area (Å²) in [5.74, 6) is -0.743. The first-order chi connectivity index (χ1) is 6.24. The third kappa shape index (κ3) is 3.10. The van der Waals surface area contributed by atoms with Gasteiger partial charge < -0.3 is 5.32 Å². The molecule has 0 saturated carbocycles. The van der Waals surface area contributed by atoms with Gasteiger partial charge in [-0.15, -0.1) is 0 Å². The van der Waals surface area contributed by atoms with E-state index in [2.05, 4.69) is 26.2 Å². The molecule has 1 rings (SSSR count). The first-order valence-corrected chi connectivity index (χ1v) is 4.81. The number of halogens is 2. The summed E-state index contributed by atoms with van der Waals surface area (Å²) in [7, 11) is 0. The van der Waals surface area contributed by atoms with Crippen molar-refractivity contribution < 1.29 is 9.18 Å². The van der Waals surface area contributed by atoms with Crippen LogP contribution in [0.4, 0.5) is 10.1 Å². The number of anilines is 1. The van der Waals surface area contributed by atoms with Crippen LogP contribution in [-0.4, -0.2) is 16.2 Å². The number of alkyl halides is 1. The van der Waals surface area contributed by atoms with Crippen LogP contribution in [0.25, 0.3) is 0 Å². The molecule has 0 spiro atoms. The van der Waals surface area contributed by atoms with Gasteiger partial charge >= 0.3 is 0 Å². The first-order valence-electron chi connectivity index (χ1n) is 3.69. The predicted octanol–water partition coefficient (Wildman–Crippen LogP) is 1.94. The van der Waals surface area contributed by atoms with Crippen LogP contribution in [0.5, 0.6) is 0 Å². The molecular weight excluding hydrogens is 239 g/mol. The Morgan fingerprint density at radius 1 is 1.69 bits per heavy atom. The molecular formula is C8H8BrFN2O. The first kappa shape index (κ1) is 10.1. The number of rotatable bonds is 3. The molecule has 1 aromatic rings. The zero-order valence-electron chi connectivity index (χ0n) is 6.76. The summed E-state index contributed by atoms with van der Waals surface area (Å²) in [6.45, 7) is 0. The molecule has 1 heterocycles. The quantitative estimate of drug-likeness (QED) is 0.829. The van der Waals surface area contributed by atoms with Gasteiger partial charge in [-0.2, -0.15) is 0 Å². The number of hydrogen-bond donors (Lipinski definition) is 1. The highest BCUT2D eigenvalue weighted by Crippen LogP contribution is 2.10. The van der Waals surface area contributed by atoms with Crippen LogP contribution in [0.2, 0.25) is 0 Å². The summed E-state index contributed by atoms with van der Waals surface area (Å²) in [5.41, 5.74) is 0.168. The van der Waals surface area contributed by atoms with Crippen LogP contribution >= 0.6 is 15.9 Å². The maximum absolute atomic E-state index is 12.9. The van der Waals surface area contributed by atoms with Crippen molar-refractivity contribution in [2.75, 3.05) is 10.6 Å². The third-order valence-electron chi connectivity index (χ3n) is 1.37. The second kappa shape index (κ2) is 4.91. The van der Waals surface area contributed by atoms with Gasteiger partial charge in [0.15, 0.2) is 5.82 Å². The van der Waals surface area contributed by atoms with Gasteiger partial charge in [-0.3, -0.25) is 9.78 Å². The van der Waals surface area contributed by atoms with Crippen molar-refractivity contribution in [3.8, 4) is 0 Å². The van der Waals surface area contributed by atoms with Crippen LogP contribution in [-0.2, 0) is 4.79 Å². The maximum Gasteiger partial charge on any atom is 0.225 e. The largest absolute Gasteiger partial charge is 0.323 e. The minimum atomic E-state index is -0.523. The van der Waals surface area contributed by atoms with Crippen LogP contribution in [0.3, 0.4) is 0 Å². The van der Waals surface area contributed by atoms with Crippen molar-refractivity contribution in [1.82, 2.24) is 4.98 Å². The van der Waals surface area contributed by atoms with E-state index in [9.17, 15) is 9.18 Å². The minimum Gasteiger partial charge on any atom is -0.323 e. The van der Waals surface area contributed by atoms with Crippen molar-refractivity contribution in [1.29, 1.82) is 0 Å².